The molecular formula is C17H27N. The molecule has 1 aromatic rings. The van der Waals surface area contributed by atoms with E-state index in [0.717, 1.165) is 11.8 Å². The predicted molar refractivity (Wildman–Crippen MR) is 78.6 cm³/mol. The Bertz CT molecular complexity index is 344. The second kappa shape index (κ2) is 6.38. The van der Waals surface area contributed by atoms with Crippen LogP contribution < -0.4 is 5.32 Å². The number of rotatable bonds is 4. The van der Waals surface area contributed by atoms with Crippen molar-refractivity contribution in [1.29, 1.82) is 0 Å². The Labute approximate surface area is 112 Å². The van der Waals surface area contributed by atoms with E-state index in [-0.39, 0.29) is 0 Å². The van der Waals surface area contributed by atoms with E-state index in [9.17, 15) is 0 Å². The molecule has 1 aliphatic carbocycles. The molecule has 1 nitrogen and oxygen atoms in total. The highest BCUT2D eigenvalue weighted by atomic mass is 15.0. The lowest BCUT2D eigenvalue weighted by molar-refractivity contribution is 0.195. The smallest absolute Gasteiger partial charge is 0.0294 e. The summed E-state index contributed by atoms with van der Waals surface area (Å²) in [4.78, 5) is 0. The molecule has 0 amide bonds. The number of nitrogens with one attached hydrogen (secondary N) is 1. The van der Waals surface area contributed by atoms with Gasteiger partial charge in [-0.2, -0.15) is 0 Å². The van der Waals surface area contributed by atoms with Crippen LogP contribution in [-0.2, 0) is 0 Å². The summed E-state index contributed by atoms with van der Waals surface area (Å²) in [5, 5.41) is 3.87. The number of hydrogen-bond donors (Lipinski definition) is 1. The molecule has 1 N–H and O–H groups in total. The van der Waals surface area contributed by atoms with Gasteiger partial charge in [-0.3, -0.25) is 0 Å². The van der Waals surface area contributed by atoms with E-state index in [0.29, 0.717) is 12.1 Å². The first-order valence-corrected chi connectivity index (χ1v) is 7.49. The van der Waals surface area contributed by atoms with Gasteiger partial charge in [0.1, 0.15) is 0 Å². The van der Waals surface area contributed by atoms with Gasteiger partial charge in [0, 0.05) is 12.1 Å². The molecule has 1 aromatic carbocycles. The molecule has 0 aliphatic heterocycles. The maximum atomic E-state index is 3.87. The zero-order valence-electron chi connectivity index (χ0n) is 12.0. The van der Waals surface area contributed by atoms with Crippen LogP contribution in [0.25, 0.3) is 0 Å². The van der Waals surface area contributed by atoms with Gasteiger partial charge in [0.2, 0.25) is 0 Å². The third-order valence-corrected chi connectivity index (χ3v) is 4.44. The number of hydrogen-bond acceptors (Lipinski definition) is 1. The Morgan fingerprint density at radius 3 is 2.33 bits per heavy atom. The summed E-state index contributed by atoms with van der Waals surface area (Å²) in [5.74, 6) is 1.65. The van der Waals surface area contributed by atoms with E-state index in [1.54, 1.807) is 0 Å². The van der Waals surface area contributed by atoms with Crippen molar-refractivity contribution in [1.82, 2.24) is 5.32 Å². The fourth-order valence-corrected chi connectivity index (χ4v) is 3.32. The Balaban J connectivity index is 1.99. The SMILES string of the molecule is CC(NC1CCCCC1C(C)C)c1ccccc1. The lowest BCUT2D eigenvalue weighted by Gasteiger charge is -2.37. The van der Waals surface area contributed by atoms with Crippen LogP contribution in [0.4, 0.5) is 0 Å². The highest BCUT2D eigenvalue weighted by Gasteiger charge is 2.28. The minimum absolute atomic E-state index is 0.468. The van der Waals surface area contributed by atoms with E-state index in [4.69, 9.17) is 0 Å². The van der Waals surface area contributed by atoms with Gasteiger partial charge in [0.05, 0.1) is 0 Å². The average Bonchev–Trinajstić information content (AvgIpc) is 2.40. The topological polar surface area (TPSA) is 12.0 Å². The van der Waals surface area contributed by atoms with Gasteiger partial charge in [-0.15, -0.1) is 0 Å². The summed E-state index contributed by atoms with van der Waals surface area (Å²) >= 11 is 0. The maximum Gasteiger partial charge on any atom is 0.0294 e. The van der Waals surface area contributed by atoms with Gasteiger partial charge in [0.25, 0.3) is 0 Å². The molecule has 0 radical (unpaired) electrons. The summed E-state index contributed by atoms with van der Waals surface area (Å²) < 4.78 is 0. The summed E-state index contributed by atoms with van der Waals surface area (Å²) in [7, 11) is 0. The first-order chi connectivity index (χ1) is 8.68. The zero-order chi connectivity index (χ0) is 13.0. The molecule has 0 aromatic heterocycles. The normalized spacial score (nSPS) is 26.2. The maximum absolute atomic E-state index is 3.87. The average molecular weight is 245 g/mol. The summed E-state index contributed by atoms with van der Waals surface area (Å²) in [6.45, 7) is 7.04. The largest absolute Gasteiger partial charge is 0.307 e. The van der Waals surface area contributed by atoms with E-state index in [1.165, 1.54) is 31.2 Å². The van der Waals surface area contributed by atoms with Gasteiger partial charge in [-0.1, -0.05) is 57.0 Å². The molecule has 1 aliphatic rings. The molecule has 3 atom stereocenters. The molecule has 1 fully saturated rings. The van der Waals surface area contributed by atoms with E-state index < -0.39 is 0 Å². The number of benzene rings is 1. The fraction of sp³-hybridized carbons (Fsp3) is 0.647. The minimum atomic E-state index is 0.468. The van der Waals surface area contributed by atoms with Crippen LogP contribution in [0.5, 0.6) is 0 Å². The molecule has 18 heavy (non-hydrogen) atoms. The predicted octanol–water partition coefficient (Wildman–Crippen LogP) is 4.55. The Morgan fingerprint density at radius 1 is 1.00 bits per heavy atom. The quantitative estimate of drug-likeness (QED) is 0.820. The zero-order valence-corrected chi connectivity index (χ0v) is 12.0. The fourth-order valence-electron chi connectivity index (χ4n) is 3.32. The second-order valence-corrected chi connectivity index (χ2v) is 6.10. The van der Waals surface area contributed by atoms with Crippen molar-refractivity contribution in [2.24, 2.45) is 11.8 Å². The van der Waals surface area contributed by atoms with Crippen molar-refractivity contribution >= 4 is 0 Å². The van der Waals surface area contributed by atoms with Crippen LogP contribution in [0.1, 0.15) is 58.1 Å². The molecule has 100 valence electrons. The minimum Gasteiger partial charge on any atom is -0.307 e. The van der Waals surface area contributed by atoms with Gasteiger partial charge in [-0.25, -0.2) is 0 Å². The monoisotopic (exact) mass is 245 g/mol. The van der Waals surface area contributed by atoms with Crippen LogP contribution >= 0.6 is 0 Å². The lowest BCUT2D eigenvalue weighted by Crippen LogP contribution is -2.41. The van der Waals surface area contributed by atoms with Crippen molar-refractivity contribution in [3.63, 3.8) is 0 Å². The van der Waals surface area contributed by atoms with E-state index in [1.807, 2.05) is 0 Å². The third-order valence-electron chi connectivity index (χ3n) is 4.44. The van der Waals surface area contributed by atoms with Crippen LogP contribution in [0.2, 0.25) is 0 Å². The molecule has 3 unspecified atom stereocenters. The standard InChI is InChI=1S/C17H27N/c1-13(2)16-11-7-8-12-17(16)18-14(3)15-9-5-4-6-10-15/h4-6,9-10,13-14,16-18H,7-8,11-12H2,1-3H3. The van der Waals surface area contributed by atoms with E-state index in [2.05, 4.69) is 56.4 Å². The Hall–Kier alpha value is -0.820. The molecule has 1 heteroatoms. The van der Waals surface area contributed by atoms with Crippen molar-refractivity contribution < 1.29 is 0 Å². The van der Waals surface area contributed by atoms with E-state index >= 15 is 0 Å². The molecule has 0 spiro atoms. The van der Waals surface area contributed by atoms with Crippen LogP contribution in [-0.4, -0.2) is 6.04 Å². The first kappa shape index (κ1) is 13.6. The van der Waals surface area contributed by atoms with Gasteiger partial charge in [0.15, 0.2) is 0 Å². The molecule has 0 bridgehead atoms. The van der Waals surface area contributed by atoms with Crippen molar-refractivity contribution in [2.45, 2.75) is 58.5 Å². The molecule has 2 rings (SSSR count). The summed E-state index contributed by atoms with van der Waals surface area (Å²) in [6.07, 6.45) is 5.56. The Kier molecular flexibility index (Phi) is 4.82. The second-order valence-electron chi connectivity index (χ2n) is 6.10. The van der Waals surface area contributed by atoms with Crippen molar-refractivity contribution in [2.75, 3.05) is 0 Å². The van der Waals surface area contributed by atoms with Gasteiger partial charge < -0.3 is 5.32 Å². The van der Waals surface area contributed by atoms with Crippen molar-refractivity contribution in [3.05, 3.63) is 35.9 Å². The van der Waals surface area contributed by atoms with Gasteiger partial charge >= 0.3 is 0 Å². The van der Waals surface area contributed by atoms with Crippen LogP contribution in [0.3, 0.4) is 0 Å². The Morgan fingerprint density at radius 2 is 1.67 bits per heavy atom. The lowest BCUT2D eigenvalue weighted by atomic mass is 9.77. The highest BCUT2D eigenvalue weighted by molar-refractivity contribution is 5.18. The molecule has 0 heterocycles. The van der Waals surface area contributed by atoms with Crippen LogP contribution in [0, 0.1) is 11.8 Å². The summed E-state index contributed by atoms with van der Waals surface area (Å²) in [6, 6.07) is 12.0. The first-order valence-electron chi connectivity index (χ1n) is 7.49. The van der Waals surface area contributed by atoms with Crippen LogP contribution in [0.15, 0.2) is 30.3 Å². The third kappa shape index (κ3) is 3.35. The molecule has 0 saturated heterocycles. The van der Waals surface area contributed by atoms with Crippen molar-refractivity contribution in [3.8, 4) is 0 Å². The van der Waals surface area contributed by atoms with Gasteiger partial charge in [-0.05, 0) is 37.2 Å². The summed E-state index contributed by atoms with van der Waals surface area (Å²) in [5.41, 5.74) is 1.41. The molecule has 1 saturated carbocycles. The molecular weight excluding hydrogens is 218 g/mol. The highest BCUT2D eigenvalue weighted by Crippen LogP contribution is 2.31.